The first kappa shape index (κ1) is 13.6. The van der Waals surface area contributed by atoms with Crippen molar-refractivity contribution in [3.05, 3.63) is 53.6 Å². The Bertz CT molecular complexity index is 750. The van der Waals surface area contributed by atoms with Crippen molar-refractivity contribution in [2.45, 2.75) is 0 Å². The molecule has 106 valence electrons. The largest absolute Gasteiger partial charge is 0.416 e. The van der Waals surface area contributed by atoms with Gasteiger partial charge in [0, 0.05) is 25.3 Å². The van der Waals surface area contributed by atoms with Crippen LogP contribution in [0.2, 0.25) is 5.02 Å². The molecular formula is C16H14ClN3O. The predicted octanol–water partition coefficient (Wildman–Crippen LogP) is 4.12. The minimum absolute atomic E-state index is 0.423. The van der Waals surface area contributed by atoms with Gasteiger partial charge in [0.2, 0.25) is 11.8 Å². The number of hydrogen-bond acceptors (Lipinski definition) is 4. The average Bonchev–Trinajstić information content (AvgIpc) is 2.97. The minimum atomic E-state index is 0.423. The average molecular weight is 300 g/mol. The van der Waals surface area contributed by atoms with Gasteiger partial charge in [0.25, 0.3) is 0 Å². The fraction of sp³-hybridized carbons (Fsp3) is 0.125. The Morgan fingerprint density at radius 1 is 0.905 bits per heavy atom. The fourth-order valence-corrected chi connectivity index (χ4v) is 2.20. The topological polar surface area (TPSA) is 42.2 Å². The van der Waals surface area contributed by atoms with Crippen LogP contribution in [-0.2, 0) is 0 Å². The highest BCUT2D eigenvalue weighted by Crippen LogP contribution is 2.29. The van der Waals surface area contributed by atoms with Crippen LogP contribution in [0, 0.1) is 0 Å². The monoisotopic (exact) mass is 299 g/mol. The highest BCUT2D eigenvalue weighted by molar-refractivity contribution is 6.33. The molecule has 0 aliphatic rings. The Labute approximate surface area is 128 Å². The molecule has 0 unspecified atom stereocenters. The van der Waals surface area contributed by atoms with Crippen molar-refractivity contribution in [3.8, 4) is 22.9 Å². The summed E-state index contributed by atoms with van der Waals surface area (Å²) in [4.78, 5) is 2.03. The molecule has 0 fully saturated rings. The second kappa shape index (κ2) is 5.58. The summed E-state index contributed by atoms with van der Waals surface area (Å²) in [5.74, 6) is 0.905. The van der Waals surface area contributed by atoms with Crippen LogP contribution >= 0.6 is 11.6 Å². The third kappa shape index (κ3) is 2.76. The molecule has 1 aromatic heterocycles. The second-order valence-corrected chi connectivity index (χ2v) is 5.24. The first-order valence-corrected chi connectivity index (χ1v) is 6.89. The Hall–Kier alpha value is -2.33. The van der Waals surface area contributed by atoms with E-state index in [1.807, 2.05) is 61.5 Å². The maximum Gasteiger partial charge on any atom is 0.249 e. The molecule has 0 spiro atoms. The van der Waals surface area contributed by atoms with E-state index in [9.17, 15) is 0 Å². The summed E-state index contributed by atoms with van der Waals surface area (Å²) in [6.45, 7) is 0. The third-order valence-electron chi connectivity index (χ3n) is 3.16. The molecule has 0 saturated heterocycles. The third-order valence-corrected chi connectivity index (χ3v) is 3.49. The molecule has 3 rings (SSSR count). The van der Waals surface area contributed by atoms with Crippen molar-refractivity contribution in [2.24, 2.45) is 0 Å². The SMILES string of the molecule is CN(C)c1ccc(-c2nnc(-c3ccccc3Cl)o2)cc1. The molecule has 0 saturated carbocycles. The van der Waals surface area contributed by atoms with E-state index < -0.39 is 0 Å². The van der Waals surface area contributed by atoms with Crippen LogP contribution in [-0.4, -0.2) is 24.3 Å². The van der Waals surface area contributed by atoms with Gasteiger partial charge in [-0.15, -0.1) is 10.2 Å². The second-order valence-electron chi connectivity index (χ2n) is 4.83. The van der Waals surface area contributed by atoms with E-state index in [-0.39, 0.29) is 0 Å². The van der Waals surface area contributed by atoms with Crippen LogP contribution in [0.1, 0.15) is 0 Å². The van der Waals surface area contributed by atoms with Crippen molar-refractivity contribution < 1.29 is 4.42 Å². The van der Waals surface area contributed by atoms with E-state index in [4.69, 9.17) is 16.0 Å². The Morgan fingerprint density at radius 3 is 2.24 bits per heavy atom. The van der Waals surface area contributed by atoms with Gasteiger partial charge < -0.3 is 9.32 Å². The number of halogens is 1. The Morgan fingerprint density at radius 2 is 1.57 bits per heavy atom. The van der Waals surface area contributed by atoms with Crippen molar-refractivity contribution in [2.75, 3.05) is 19.0 Å². The Balaban J connectivity index is 1.93. The standard InChI is InChI=1S/C16H14ClN3O/c1-20(2)12-9-7-11(8-10-12)15-18-19-16(21-15)13-5-3-4-6-14(13)17/h3-10H,1-2H3. The normalized spacial score (nSPS) is 10.6. The number of aromatic nitrogens is 2. The van der Waals surface area contributed by atoms with Crippen molar-refractivity contribution in [1.29, 1.82) is 0 Å². The molecule has 0 atom stereocenters. The van der Waals surface area contributed by atoms with Gasteiger partial charge in [-0.1, -0.05) is 23.7 Å². The summed E-state index contributed by atoms with van der Waals surface area (Å²) in [5, 5.41) is 8.75. The highest BCUT2D eigenvalue weighted by Gasteiger charge is 2.12. The molecule has 21 heavy (non-hydrogen) atoms. The van der Waals surface area contributed by atoms with Gasteiger partial charge in [0.05, 0.1) is 10.6 Å². The number of benzene rings is 2. The van der Waals surface area contributed by atoms with Crippen LogP contribution < -0.4 is 4.90 Å². The first-order chi connectivity index (χ1) is 10.1. The van der Waals surface area contributed by atoms with Crippen molar-refractivity contribution >= 4 is 17.3 Å². The zero-order valence-electron chi connectivity index (χ0n) is 11.7. The lowest BCUT2D eigenvalue weighted by Crippen LogP contribution is -2.07. The van der Waals surface area contributed by atoms with E-state index in [0.29, 0.717) is 16.8 Å². The molecule has 5 heteroatoms. The summed E-state index contributed by atoms with van der Waals surface area (Å²) in [5.41, 5.74) is 2.74. The van der Waals surface area contributed by atoms with Gasteiger partial charge >= 0.3 is 0 Å². The maximum atomic E-state index is 6.14. The molecule has 0 radical (unpaired) electrons. The van der Waals surface area contributed by atoms with E-state index in [2.05, 4.69) is 10.2 Å². The van der Waals surface area contributed by atoms with E-state index >= 15 is 0 Å². The first-order valence-electron chi connectivity index (χ1n) is 6.51. The van der Waals surface area contributed by atoms with Gasteiger partial charge in [-0.2, -0.15) is 0 Å². The van der Waals surface area contributed by atoms with Crippen LogP contribution in [0.5, 0.6) is 0 Å². The highest BCUT2D eigenvalue weighted by atomic mass is 35.5. The summed E-state index contributed by atoms with van der Waals surface area (Å²) in [6, 6.07) is 15.3. The lowest BCUT2D eigenvalue weighted by atomic mass is 10.2. The van der Waals surface area contributed by atoms with Crippen LogP contribution in [0.25, 0.3) is 22.9 Å². The van der Waals surface area contributed by atoms with Crippen LogP contribution in [0.15, 0.2) is 52.9 Å². The number of hydrogen-bond donors (Lipinski definition) is 0. The van der Waals surface area contributed by atoms with E-state index in [1.165, 1.54) is 0 Å². The number of anilines is 1. The zero-order chi connectivity index (χ0) is 14.8. The van der Waals surface area contributed by atoms with E-state index in [0.717, 1.165) is 16.8 Å². The zero-order valence-corrected chi connectivity index (χ0v) is 12.5. The fourth-order valence-electron chi connectivity index (χ4n) is 1.99. The molecule has 3 aromatic rings. The molecular weight excluding hydrogens is 286 g/mol. The molecule has 0 amide bonds. The van der Waals surface area contributed by atoms with Crippen molar-refractivity contribution in [1.82, 2.24) is 10.2 Å². The molecule has 2 aromatic carbocycles. The molecule has 4 nitrogen and oxygen atoms in total. The molecule has 0 aliphatic heterocycles. The summed E-state index contributed by atoms with van der Waals surface area (Å²) < 4.78 is 5.72. The van der Waals surface area contributed by atoms with Gasteiger partial charge in [-0.05, 0) is 36.4 Å². The van der Waals surface area contributed by atoms with E-state index in [1.54, 1.807) is 6.07 Å². The van der Waals surface area contributed by atoms with Gasteiger partial charge in [0.1, 0.15) is 0 Å². The van der Waals surface area contributed by atoms with Crippen LogP contribution in [0.3, 0.4) is 0 Å². The lowest BCUT2D eigenvalue weighted by molar-refractivity contribution is 0.584. The predicted molar refractivity (Wildman–Crippen MR) is 84.5 cm³/mol. The number of rotatable bonds is 3. The van der Waals surface area contributed by atoms with Gasteiger partial charge in [-0.3, -0.25) is 0 Å². The molecule has 0 aliphatic carbocycles. The minimum Gasteiger partial charge on any atom is -0.416 e. The number of nitrogens with zero attached hydrogens (tertiary/aromatic N) is 3. The van der Waals surface area contributed by atoms with Gasteiger partial charge in [-0.25, -0.2) is 0 Å². The lowest BCUT2D eigenvalue weighted by Gasteiger charge is -2.11. The van der Waals surface area contributed by atoms with Crippen LogP contribution in [0.4, 0.5) is 5.69 Å². The molecule has 0 N–H and O–H groups in total. The van der Waals surface area contributed by atoms with Crippen molar-refractivity contribution in [3.63, 3.8) is 0 Å². The summed E-state index contributed by atoms with van der Waals surface area (Å²) in [6.07, 6.45) is 0. The summed E-state index contributed by atoms with van der Waals surface area (Å²) >= 11 is 6.14. The molecule has 1 heterocycles. The maximum absolute atomic E-state index is 6.14. The quantitative estimate of drug-likeness (QED) is 0.729. The molecule has 0 bridgehead atoms. The van der Waals surface area contributed by atoms with Gasteiger partial charge in [0.15, 0.2) is 0 Å². The smallest absolute Gasteiger partial charge is 0.249 e. The summed E-state index contributed by atoms with van der Waals surface area (Å²) in [7, 11) is 3.99. The Kier molecular flexibility index (Phi) is 3.62.